The Hall–Kier alpha value is -0.910. The van der Waals surface area contributed by atoms with E-state index in [4.69, 9.17) is 5.73 Å². The molecule has 1 fully saturated rings. The smallest absolute Gasteiger partial charge is 0.240 e. The van der Waals surface area contributed by atoms with Crippen molar-refractivity contribution in [3.05, 3.63) is 29.8 Å². The van der Waals surface area contributed by atoms with Crippen molar-refractivity contribution in [2.75, 3.05) is 13.1 Å². The van der Waals surface area contributed by atoms with E-state index in [0.717, 1.165) is 24.8 Å². The summed E-state index contributed by atoms with van der Waals surface area (Å²) in [6, 6.07) is 6.95. The Morgan fingerprint density at radius 3 is 2.67 bits per heavy atom. The molecular weight excluding hydrogens is 248 g/mol. The first-order valence-corrected chi connectivity index (χ1v) is 7.72. The summed E-state index contributed by atoms with van der Waals surface area (Å²) < 4.78 is 26.9. The molecule has 1 aromatic carbocycles. The van der Waals surface area contributed by atoms with Crippen molar-refractivity contribution < 1.29 is 8.42 Å². The lowest BCUT2D eigenvalue weighted by Gasteiger charge is -2.15. The van der Waals surface area contributed by atoms with Gasteiger partial charge in [0.2, 0.25) is 10.0 Å². The number of aryl methyl sites for hydroxylation is 1. The molecule has 5 heteroatoms. The quantitative estimate of drug-likeness (QED) is 0.819. The molecule has 0 heterocycles. The molecule has 1 saturated carbocycles. The minimum atomic E-state index is -3.39. The van der Waals surface area contributed by atoms with Crippen molar-refractivity contribution in [3.8, 4) is 0 Å². The Morgan fingerprint density at radius 2 is 2.11 bits per heavy atom. The van der Waals surface area contributed by atoms with E-state index in [-0.39, 0.29) is 5.41 Å². The molecule has 0 unspecified atom stereocenters. The normalized spacial score (nSPS) is 17.7. The maximum Gasteiger partial charge on any atom is 0.240 e. The minimum Gasteiger partial charge on any atom is -0.330 e. The van der Waals surface area contributed by atoms with Crippen LogP contribution in [0.3, 0.4) is 0 Å². The van der Waals surface area contributed by atoms with E-state index in [2.05, 4.69) is 4.72 Å². The fraction of sp³-hybridized carbons (Fsp3) is 0.538. The van der Waals surface area contributed by atoms with Crippen molar-refractivity contribution in [2.24, 2.45) is 11.1 Å². The van der Waals surface area contributed by atoms with Crippen molar-refractivity contribution >= 4 is 10.0 Å². The topological polar surface area (TPSA) is 72.2 Å². The molecule has 1 aromatic rings. The summed E-state index contributed by atoms with van der Waals surface area (Å²) in [6.45, 7) is 3.00. The van der Waals surface area contributed by atoms with Gasteiger partial charge in [-0.15, -0.1) is 0 Å². The Balaban J connectivity index is 2.04. The average Bonchev–Trinajstić information content (AvgIpc) is 3.08. The molecule has 0 saturated heterocycles. The van der Waals surface area contributed by atoms with Crippen molar-refractivity contribution in [1.29, 1.82) is 0 Å². The summed E-state index contributed by atoms with van der Waals surface area (Å²) in [5.41, 5.74) is 6.61. The number of nitrogens with two attached hydrogens (primary N) is 1. The van der Waals surface area contributed by atoms with Crippen molar-refractivity contribution in [1.82, 2.24) is 4.72 Å². The molecule has 0 aromatic heterocycles. The number of hydrogen-bond acceptors (Lipinski definition) is 3. The van der Waals surface area contributed by atoms with Gasteiger partial charge >= 0.3 is 0 Å². The number of nitrogens with one attached hydrogen (secondary N) is 1. The number of hydrogen-bond donors (Lipinski definition) is 2. The summed E-state index contributed by atoms with van der Waals surface area (Å²) in [5.74, 6) is 0. The number of benzene rings is 1. The van der Waals surface area contributed by atoms with Crippen LogP contribution in [0.1, 0.15) is 24.8 Å². The lowest BCUT2D eigenvalue weighted by Crippen LogP contribution is -2.31. The van der Waals surface area contributed by atoms with Gasteiger partial charge in [0.15, 0.2) is 0 Å². The average molecular weight is 268 g/mol. The molecule has 0 amide bonds. The molecule has 4 nitrogen and oxygen atoms in total. The van der Waals surface area contributed by atoms with E-state index in [0.29, 0.717) is 18.0 Å². The SMILES string of the molecule is Cc1cccc(S(=O)(=O)NCC2(CCN)CC2)c1. The highest BCUT2D eigenvalue weighted by molar-refractivity contribution is 7.89. The summed E-state index contributed by atoms with van der Waals surface area (Å²) in [7, 11) is -3.39. The van der Waals surface area contributed by atoms with Gasteiger partial charge in [0.25, 0.3) is 0 Å². The standard InChI is InChI=1S/C13H20N2O2S/c1-11-3-2-4-12(9-11)18(16,17)15-10-13(5-6-13)7-8-14/h2-4,9,15H,5-8,10,14H2,1H3. The molecular formula is C13H20N2O2S. The molecule has 0 aliphatic heterocycles. The first kappa shape index (κ1) is 13.5. The molecule has 0 spiro atoms. The molecule has 1 aliphatic carbocycles. The van der Waals surface area contributed by atoms with Crippen LogP contribution in [-0.2, 0) is 10.0 Å². The van der Waals surface area contributed by atoms with Gasteiger partial charge in [-0.05, 0) is 55.8 Å². The van der Waals surface area contributed by atoms with E-state index in [9.17, 15) is 8.42 Å². The Morgan fingerprint density at radius 1 is 1.39 bits per heavy atom. The zero-order valence-electron chi connectivity index (χ0n) is 10.6. The monoisotopic (exact) mass is 268 g/mol. The Labute approximate surface area is 109 Å². The lowest BCUT2D eigenvalue weighted by atomic mass is 10.0. The van der Waals surface area contributed by atoms with Gasteiger partial charge in [-0.3, -0.25) is 0 Å². The summed E-state index contributed by atoms with van der Waals surface area (Å²) in [6.07, 6.45) is 3.03. The van der Waals surface area contributed by atoms with E-state index >= 15 is 0 Å². The van der Waals surface area contributed by atoms with Gasteiger partial charge in [0, 0.05) is 6.54 Å². The fourth-order valence-corrected chi connectivity index (χ4v) is 3.37. The predicted molar refractivity (Wildman–Crippen MR) is 71.7 cm³/mol. The number of sulfonamides is 1. The van der Waals surface area contributed by atoms with Crippen LogP contribution in [0.15, 0.2) is 29.2 Å². The van der Waals surface area contributed by atoms with Gasteiger partial charge in [0.05, 0.1) is 4.90 Å². The van der Waals surface area contributed by atoms with Gasteiger partial charge in [0.1, 0.15) is 0 Å². The second kappa shape index (κ2) is 4.99. The fourth-order valence-electron chi connectivity index (χ4n) is 2.11. The van der Waals surface area contributed by atoms with Crippen LogP contribution in [-0.4, -0.2) is 21.5 Å². The third kappa shape index (κ3) is 3.10. The second-order valence-electron chi connectivity index (χ2n) is 5.18. The maximum absolute atomic E-state index is 12.1. The van der Waals surface area contributed by atoms with Crippen LogP contribution in [0.25, 0.3) is 0 Å². The first-order valence-electron chi connectivity index (χ1n) is 6.24. The van der Waals surface area contributed by atoms with E-state index < -0.39 is 10.0 Å². The van der Waals surface area contributed by atoms with E-state index in [1.165, 1.54) is 0 Å². The Bertz CT molecular complexity index is 522. The van der Waals surface area contributed by atoms with Crippen LogP contribution in [0.5, 0.6) is 0 Å². The summed E-state index contributed by atoms with van der Waals surface area (Å²) >= 11 is 0. The van der Waals surface area contributed by atoms with Crippen molar-refractivity contribution in [2.45, 2.75) is 31.1 Å². The number of rotatable bonds is 6. The van der Waals surface area contributed by atoms with Crippen LogP contribution in [0.2, 0.25) is 0 Å². The molecule has 100 valence electrons. The van der Waals surface area contributed by atoms with E-state index in [1.807, 2.05) is 13.0 Å². The van der Waals surface area contributed by atoms with Crippen LogP contribution >= 0.6 is 0 Å². The highest BCUT2D eigenvalue weighted by Gasteiger charge is 2.42. The Kier molecular flexibility index (Phi) is 3.75. The minimum absolute atomic E-state index is 0.117. The predicted octanol–water partition coefficient (Wildman–Crippen LogP) is 1.40. The molecule has 2 rings (SSSR count). The van der Waals surface area contributed by atoms with Crippen LogP contribution in [0, 0.1) is 12.3 Å². The molecule has 18 heavy (non-hydrogen) atoms. The van der Waals surface area contributed by atoms with Gasteiger partial charge in [-0.25, -0.2) is 13.1 Å². The zero-order chi connectivity index (χ0) is 13.2. The molecule has 0 bridgehead atoms. The van der Waals surface area contributed by atoms with Gasteiger partial charge in [-0.1, -0.05) is 12.1 Å². The molecule has 3 N–H and O–H groups in total. The van der Waals surface area contributed by atoms with Gasteiger partial charge in [-0.2, -0.15) is 0 Å². The molecule has 1 aliphatic rings. The second-order valence-corrected chi connectivity index (χ2v) is 6.95. The summed E-state index contributed by atoms with van der Waals surface area (Å²) in [4.78, 5) is 0.339. The highest BCUT2D eigenvalue weighted by atomic mass is 32.2. The molecule has 0 atom stereocenters. The first-order chi connectivity index (χ1) is 8.47. The maximum atomic E-state index is 12.1. The van der Waals surface area contributed by atoms with Crippen LogP contribution in [0.4, 0.5) is 0 Å². The third-order valence-electron chi connectivity index (χ3n) is 3.57. The van der Waals surface area contributed by atoms with Gasteiger partial charge < -0.3 is 5.73 Å². The van der Waals surface area contributed by atoms with Crippen molar-refractivity contribution in [3.63, 3.8) is 0 Å². The van der Waals surface area contributed by atoms with Crippen LogP contribution < -0.4 is 10.5 Å². The summed E-state index contributed by atoms with van der Waals surface area (Å²) in [5, 5.41) is 0. The van der Waals surface area contributed by atoms with E-state index in [1.54, 1.807) is 18.2 Å². The highest BCUT2D eigenvalue weighted by Crippen LogP contribution is 2.47. The lowest BCUT2D eigenvalue weighted by molar-refractivity contribution is 0.461. The largest absolute Gasteiger partial charge is 0.330 e. The zero-order valence-corrected chi connectivity index (χ0v) is 11.5. The molecule has 0 radical (unpaired) electrons. The third-order valence-corrected chi connectivity index (χ3v) is 4.97.